The standard InChI is InChI=1S/C13H8Br3NO2/c14-7-1-2-11(12(18)6-7)13(19)17-10-4-8(15)3-9(16)5-10/h1-6,18H,(H,17,19). The first kappa shape index (κ1) is 14.6. The number of hydrogen-bond donors (Lipinski definition) is 2. The Kier molecular flexibility index (Phi) is 4.65. The Morgan fingerprint density at radius 2 is 1.58 bits per heavy atom. The number of phenolic OH excluding ortho intramolecular Hbond substituents is 1. The highest BCUT2D eigenvalue weighted by Gasteiger charge is 2.12. The maximum atomic E-state index is 12.1. The number of hydrogen-bond acceptors (Lipinski definition) is 2. The van der Waals surface area contributed by atoms with Crippen LogP contribution in [-0.2, 0) is 0 Å². The van der Waals surface area contributed by atoms with E-state index in [9.17, 15) is 9.90 Å². The average molecular weight is 450 g/mol. The van der Waals surface area contributed by atoms with Crippen LogP contribution in [0, 0.1) is 0 Å². The van der Waals surface area contributed by atoms with E-state index in [0.29, 0.717) is 10.2 Å². The van der Waals surface area contributed by atoms with Crippen molar-refractivity contribution in [2.24, 2.45) is 0 Å². The van der Waals surface area contributed by atoms with Crippen LogP contribution >= 0.6 is 47.8 Å². The van der Waals surface area contributed by atoms with Gasteiger partial charge in [-0.2, -0.15) is 0 Å². The molecule has 0 aromatic heterocycles. The second kappa shape index (κ2) is 6.07. The molecular weight excluding hydrogens is 442 g/mol. The van der Waals surface area contributed by atoms with Crippen LogP contribution in [-0.4, -0.2) is 11.0 Å². The van der Waals surface area contributed by atoms with Gasteiger partial charge >= 0.3 is 0 Å². The van der Waals surface area contributed by atoms with Gasteiger partial charge in [0.15, 0.2) is 0 Å². The zero-order valence-corrected chi connectivity index (χ0v) is 14.2. The highest BCUT2D eigenvalue weighted by atomic mass is 79.9. The summed E-state index contributed by atoms with van der Waals surface area (Å²) in [6.07, 6.45) is 0. The van der Waals surface area contributed by atoms with Crippen LogP contribution in [0.2, 0.25) is 0 Å². The maximum Gasteiger partial charge on any atom is 0.259 e. The molecule has 0 unspecified atom stereocenters. The lowest BCUT2D eigenvalue weighted by atomic mass is 10.2. The van der Waals surface area contributed by atoms with E-state index in [0.717, 1.165) is 8.95 Å². The number of carbonyl (C=O) groups is 1. The summed E-state index contributed by atoms with van der Waals surface area (Å²) in [7, 11) is 0. The molecule has 0 aliphatic rings. The molecule has 0 aliphatic carbocycles. The Bertz CT molecular complexity index is 624. The normalized spacial score (nSPS) is 10.3. The van der Waals surface area contributed by atoms with Gasteiger partial charge in [-0.05, 0) is 36.4 Å². The predicted molar refractivity (Wildman–Crippen MR) is 85.6 cm³/mol. The van der Waals surface area contributed by atoms with Crippen LogP contribution < -0.4 is 5.32 Å². The fraction of sp³-hybridized carbons (Fsp3) is 0. The van der Waals surface area contributed by atoms with Crippen LogP contribution in [0.25, 0.3) is 0 Å². The van der Waals surface area contributed by atoms with Crippen LogP contribution in [0.1, 0.15) is 10.4 Å². The largest absolute Gasteiger partial charge is 0.507 e. The number of carbonyl (C=O) groups excluding carboxylic acids is 1. The molecule has 0 radical (unpaired) electrons. The second-order valence-electron chi connectivity index (χ2n) is 3.77. The molecule has 2 rings (SSSR count). The number of amides is 1. The molecule has 0 bridgehead atoms. The van der Waals surface area contributed by atoms with Gasteiger partial charge in [0.05, 0.1) is 5.56 Å². The molecule has 1 amide bonds. The minimum absolute atomic E-state index is 0.0686. The van der Waals surface area contributed by atoms with E-state index in [-0.39, 0.29) is 17.2 Å². The van der Waals surface area contributed by atoms with E-state index in [4.69, 9.17) is 0 Å². The lowest BCUT2D eigenvalue weighted by Crippen LogP contribution is -2.12. The van der Waals surface area contributed by atoms with Crippen molar-refractivity contribution in [3.63, 3.8) is 0 Å². The zero-order valence-electron chi connectivity index (χ0n) is 9.45. The maximum absolute atomic E-state index is 12.1. The average Bonchev–Trinajstić information content (AvgIpc) is 2.26. The van der Waals surface area contributed by atoms with Crippen molar-refractivity contribution in [3.05, 3.63) is 55.4 Å². The van der Waals surface area contributed by atoms with Crippen molar-refractivity contribution in [2.75, 3.05) is 5.32 Å². The van der Waals surface area contributed by atoms with Crippen molar-refractivity contribution in [1.82, 2.24) is 0 Å². The van der Waals surface area contributed by atoms with E-state index in [2.05, 4.69) is 53.1 Å². The Balaban J connectivity index is 2.25. The highest BCUT2D eigenvalue weighted by Crippen LogP contribution is 2.26. The van der Waals surface area contributed by atoms with E-state index >= 15 is 0 Å². The van der Waals surface area contributed by atoms with Gasteiger partial charge in [-0.25, -0.2) is 0 Å². The molecule has 0 aliphatic heterocycles. The van der Waals surface area contributed by atoms with Gasteiger partial charge in [0, 0.05) is 19.1 Å². The third-order valence-electron chi connectivity index (χ3n) is 2.32. The summed E-state index contributed by atoms with van der Waals surface area (Å²) in [6, 6.07) is 10.2. The van der Waals surface area contributed by atoms with Gasteiger partial charge in [-0.15, -0.1) is 0 Å². The fourth-order valence-electron chi connectivity index (χ4n) is 1.52. The molecular formula is C13H8Br3NO2. The molecule has 98 valence electrons. The van der Waals surface area contributed by atoms with Gasteiger partial charge < -0.3 is 10.4 Å². The minimum Gasteiger partial charge on any atom is -0.507 e. The lowest BCUT2D eigenvalue weighted by molar-refractivity contribution is 0.102. The fourth-order valence-corrected chi connectivity index (χ4v) is 3.16. The number of halogens is 3. The molecule has 0 saturated carbocycles. The monoisotopic (exact) mass is 447 g/mol. The quantitative estimate of drug-likeness (QED) is 0.682. The Hall–Kier alpha value is -0.850. The molecule has 2 N–H and O–H groups in total. The first-order chi connectivity index (χ1) is 8.95. The van der Waals surface area contributed by atoms with E-state index in [1.54, 1.807) is 24.3 Å². The topological polar surface area (TPSA) is 49.3 Å². The first-order valence-corrected chi connectivity index (χ1v) is 7.59. The summed E-state index contributed by atoms with van der Waals surface area (Å²) in [5, 5.41) is 12.5. The molecule has 0 fully saturated rings. The molecule has 0 atom stereocenters. The summed E-state index contributed by atoms with van der Waals surface area (Å²) in [6.45, 7) is 0. The van der Waals surface area contributed by atoms with Crippen LogP contribution in [0.4, 0.5) is 5.69 Å². The lowest BCUT2D eigenvalue weighted by Gasteiger charge is -2.08. The SMILES string of the molecule is O=C(Nc1cc(Br)cc(Br)c1)c1ccc(Br)cc1O. The summed E-state index contributed by atoms with van der Waals surface area (Å²) < 4.78 is 2.40. The van der Waals surface area contributed by atoms with Gasteiger partial charge in [-0.1, -0.05) is 47.8 Å². The van der Waals surface area contributed by atoms with Crippen molar-refractivity contribution >= 4 is 59.4 Å². The number of nitrogens with one attached hydrogen (secondary N) is 1. The summed E-state index contributed by atoms with van der Waals surface area (Å²) >= 11 is 9.92. The third kappa shape index (κ3) is 3.81. The third-order valence-corrected chi connectivity index (χ3v) is 3.73. The summed E-state index contributed by atoms with van der Waals surface area (Å²) in [4.78, 5) is 12.1. The molecule has 0 saturated heterocycles. The number of rotatable bonds is 2. The Labute approximate surface area is 135 Å². The molecule has 6 heteroatoms. The van der Waals surface area contributed by atoms with Crippen molar-refractivity contribution in [3.8, 4) is 5.75 Å². The predicted octanol–water partition coefficient (Wildman–Crippen LogP) is 4.93. The van der Waals surface area contributed by atoms with Gasteiger partial charge in [0.2, 0.25) is 0 Å². The first-order valence-electron chi connectivity index (χ1n) is 5.21. The van der Waals surface area contributed by atoms with Crippen LogP contribution in [0.5, 0.6) is 5.75 Å². The second-order valence-corrected chi connectivity index (χ2v) is 6.52. The molecule has 0 spiro atoms. The molecule has 2 aromatic rings. The van der Waals surface area contributed by atoms with E-state index < -0.39 is 0 Å². The minimum atomic E-state index is -0.366. The van der Waals surface area contributed by atoms with Gasteiger partial charge in [0.1, 0.15) is 5.75 Å². The molecule has 2 aromatic carbocycles. The highest BCUT2D eigenvalue weighted by molar-refractivity contribution is 9.11. The molecule has 19 heavy (non-hydrogen) atoms. The van der Waals surface area contributed by atoms with Crippen LogP contribution in [0.15, 0.2) is 49.8 Å². The van der Waals surface area contributed by atoms with E-state index in [1.807, 2.05) is 6.07 Å². The molecule has 0 heterocycles. The van der Waals surface area contributed by atoms with Crippen LogP contribution in [0.3, 0.4) is 0 Å². The van der Waals surface area contributed by atoms with Crippen molar-refractivity contribution in [2.45, 2.75) is 0 Å². The van der Waals surface area contributed by atoms with Gasteiger partial charge in [0.25, 0.3) is 5.91 Å². The van der Waals surface area contributed by atoms with E-state index in [1.165, 1.54) is 6.07 Å². The Morgan fingerprint density at radius 3 is 2.16 bits per heavy atom. The van der Waals surface area contributed by atoms with Crippen molar-refractivity contribution < 1.29 is 9.90 Å². The number of benzene rings is 2. The number of aromatic hydroxyl groups is 1. The summed E-state index contributed by atoms with van der Waals surface area (Å²) in [5.41, 5.74) is 0.855. The number of phenols is 1. The smallest absolute Gasteiger partial charge is 0.259 e. The zero-order chi connectivity index (χ0) is 14.0. The number of anilines is 1. The van der Waals surface area contributed by atoms with Crippen molar-refractivity contribution in [1.29, 1.82) is 0 Å². The molecule has 3 nitrogen and oxygen atoms in total. The Morgan fingerprint density at radius 1 is 0.947 bits per heavy atom. The summed E-state index contributed by atoms with van der Waals surface area (Å²) in [5.74, 6) is -0.434. The van der Waals surface area contributed by atoms with Gasteiger partial charge in [-0.3, -0.25) is 4.79 Å².